The van der Waals surface area contributed by atoms with Crippen LogP contribution in [0.25, 0.3) is 0 Å². The quantitative estimate of drug-likeness (QED) is 0.640. The van der Waals surface area contributed by atoms with Crippen LogP contribution in [0.1, 0.15) is 18.9 Å². The Bertz CT molecular complexity index is 620. The molecule has 1 aromatic rings. The second-order valence-electron chi connectivity index (χ2n) is 5.05. The number of aliphatic hydroxyl groups is 1. The van der Waals surface area contributed by atoms with Gasteiger partial charge in [-0.05, 0) is 32.4 Å². The van der Waals surface area contributed by atoms with Crippen molar-refractivity contribution < 1.29 is 30.9 Å². The molecule has 2 atom stereocenters. The summed E-state index contributed by atoms with van der Waals surface area (Å²) in [6.07, 6.45) is -10.4. The molecule has 0 spiro atoms. The van der Waals surface area contributed by atoms with Gasteiger partial charge in [0.25, 0.3) is 10.1 Å². The Labute approximate surface area is 127 Å². The molecule has 0 saturated carbocycles. The predicted octanol–water partition coefficient (Wildman–Crippen LogP) is 2.96. The first-order chi connectivity index (χ1) is 9.93. The molecule has 0 aliphatic rings. The van der Waals surface area contributed by atoms with E-state index in [4.69, 9.17) is 0 Å². The lowest BCUT2D eigenvalue weighted by Gasteiger charge is -2.25. The molecule has 1 rings (SSSR count). The summed E-state index contributed by atoms with van der Waals surface area (Å²) < 4.78 is 67.0. The highest BCUT2D eigenvalue weighted by molar-refractivity contribution is 7.86. The van der Waals surface area contributed by atoms with E-state index >= 15 is 0 Å². The molecular formula is C14H17F3O4S. The lowest BCUT2D eigenvalue weighted by atomic mass is 10.1. The number of hydrogen-bond donors (Lipinski definition) is 1. The summed E-state index contributed by atoms with van der Waals surface area (Å²) in [5.41, 5.74) is 1.02. The Hall–Kier alpha value is -1.38. The van der Waals surface area contributed by atoms with Crippen molar-refractivity contribution in [1.29, 1.82) is 0 Å². The minimum atomic E-state index is -5.04. The van der Waals surface area contributed by atoms with Gasteiger partial charge in [-0.3, -0.25) is 4.18 Å². The van der Waals surface area contributed by atoms with Gasteiger partial charge in [0.15, 0.2) is 6.10 Å². The maximum atomic E-state index is 13.0. The Balaban J connectivity index is 3.07. The van der Waals surface area contributed by atoms with Crippen LogP contribution < -0.4 is 0 Å². The molecular weight excluding hydrogens is 321 g/mol. The van der Waals surface area contributed by atoms with Crippen molar-refractivity contribution in [2.24, 2.45) is 0 Å². The topological polar surface area (TPSA) is 63.6 Å². The first kappa shape index (κ1) is 18.7. The third-order valence-electron chi connectivity index (χ3n) is 2.77. The van der Waals surface area contributed by atoms with E-state index in [1.54, 1.807) is 6.92 Å². The highest BCUT2D eigenvalue weighted by atomic mass is 32.2. The summed E-state index contributed by atoms with van der Waals surface area (Å²) in [4.78, 5) is -0.408. The average Bonchev–Trinajstić information content (AvgIpc) is 2.34. The molecule has 1 N–H and O–H groups in total. The number of alkyl halides is 3. The molecule has 0 aromatic heterocycles. The Morgan fingerprint density at radius 2 is 1.82 bits per heavy atom. The molecule has 8 heteroatoms. The molecule has 0 fully saturated rings. The zero-order valence-corrected chi connectivity index (χ0v) is 12.9. The van der Waals surface area contributed by atoms with Gasteiger partial charge in [0.05, 0.1) is 11.0 Å². The van der Waals surface area contributed by atoms with Crippen LogP contribution >= 0.6 is 0 Å². The van der Waals surface area contributed by atoms with E-state index in [9.17, 15) is 26.7 Å². The molecule has 22 heavy (non-hydrogen) atoms. The minimum Gasteiger partial charge on any atom is -0.390 e. The standard InChI is InChI=1S/C14H17F3O4S/c1-9(2)8-12(18)13(14(15,16)17)21-22(19,20)11-6-4-10(3)5-7-11/h4-7,12-13,18H,1,8H2,2-3H3/t12-,13-/m1/s1. The van der Waals surface area contributed by atoms with Crippen molar-refractivity contribution in [1.82, 2.24) is 0 Å². The number of rotatable bonds is 6. The highest BCUT2D eigenvalue weighted by Gasteiger charge is 2.48. The van der Waals surface area contributed by atoms with Crippen molar-refractivity contribution in [3.05, 3.63) is 42.0 Å². The Morgan fingerprint density at radius 1 is 1.32 bits per heavy atom. The van der Waals surface area contributed by atoms with Gasteiger partial charge in [0, 0.05) is 0 Å². The van der Waals surface area contributed by atoms with Crippen molar-refractivity contribution in [3.8, 4) is 0 Å². The number of aliphatic hydroxyl groups excluding tert-OH is 1. The van der Waals surface area contributed by atoms with Crippen LogP contribution in [-0.2, 0) is 14.3 Å². The number of aryl methyl sites for hydroxylation is 1. The van der Waals surface area contributed by atoms with E-state index in [1.165, 1.54) is 19.1 Å². The molecule has 0 radical (unpaired) electrons. The van der Waals surface area contributed by atoms with Crippen LogP contribution in [0.4, 0.5) is 13.2 Å². The van der Waals surface area contributed by atoms with E-state index in [0.717, 1.165) is 17.7 Å². The summed E-state index contributed by atoms with van der Waals surface area (Å²) in [7, 11) is -4.65. The molecule has 4 nitrogen and oxygen atoms in total. The largest absolute Gasteiger partial charge is 0.418 e. The molecule has 1 aromatic carbocycles. The summed E-state index contributed by atoms with van der Waals surface area (Å²) in [6.45, 7) is 6.51. The second-order valence-corrected chi connectivity index (χ2v) is 6.63. The predicted molar refractivity (Wildman–Crippen MR) is 74.7 cm³/mol. The zero-order valence-electron chi connectivity index (χ0n) is 12.1. The fraction of sp³-hybridized carbons (Fsp3) is 0.429. The fourth-order valence-electron chi connectivity index (χ4n) is 1.70. The summed E-state index contributed by atoms with van der Waals surface area (Å²) >= 11 is 0. The van der Waals surface area contributed by atoms with Crippen LogP contribution in [0.5, 0.6) is 0 Å². The molecule has 0 saturated heterocycles. The highest BCUT2D eigenvalue weighted by Crippen LogP contribution is 2.30. The van der Waals surface area contributed by atoms with Crippen molar-refractivity contribution in [3.63, 3.8) is 0 Å². The molecule has 0 unspecified atom stereocenters. The van der Waals surface area contributed by atoms with E-state index in [0.29, 0.717) is 0 Å². The first-order valence-corrected chi connectivity index (χ1v) is 7.73. The smallest absolute Gasteiger partial charge is 0.390 e. The second kappa shape index (κ2) is 6.80. The number of halogens is 3. The molecule has 0 bridgehead atoms. The monoisotopic (exact) mass is 338 g/mol. The van der Waals surface area contributed by atoms with Crippen LogP contribution in [0, 0.1) is 6.92 Å². The third kappa shape index (κ3) is 5.11. The van der Waals surface area contributed by atoms with E-state index in [-0.39, 0.29) is 5.57 Å². The van der Waals surface area contributed by atoms with E-state index < -0.39 is 39.8 Å². The van der Waals surface area contributed by atoms with Gasteiger partial charge in [-0.2, -0.15) is 21.6 Å². The van der Waals surface area contributed by atoms with Crippen LogP contribution in [0.2, 0.25) is 0 Å². The van der Waals surface area contributed by atoms with Gasteiger partial charge in [-0.15, -0.1) is 6.58 Å². The Kier molecular flexibility index (Phi) is 5.77. The van der Waals surface area contributed by atoms with Crippen molar-refractivity contribution in [2.45, 2.75) is 43.5 Å². The van der Waals surface area contributed by atoms with E-state index in [1.807, 2.05) is 0 Å². The molecule has 0 heterocycles. The summed E-state index contributed by atoms with van der Waals surface area (Å²) in [5.74, 6) is 0. The van der Waals surface area contributed by atoms with Crippen LogP contribution in [0.3, 0.4) is 0 Å². The van der Waals surface area contributed by atoms with Gasteiger partial charge >= 0.3 is 6.18 Å². The molecule has 124 valence electrons. The minimum absolute atomic E-state index is 0.276. The molecule has 0 aliphatic heterocycles. The third-order valence-corrected chi connectivity index (χ3v) is 4.08. The molecule has 0 amide bonds. The van der Waals surface area contributed by atoms with Crippen molar-refractivity contribution >= 4 is 10.1 Å². The lowest BCUT2D eigenvalue weighted by molar-refractivity contribution is -0.219. The van der Waals surface area contributed by atoms with E-state index in [2.05, 4.69) is 10.8 Å². The summed E-state index contributed by atoms with van der Waals surface area (Å²) in [6, 6.07) is 5.15. The van der Waals surface area contributed by atoms with Crippen LogP contribution in [-0.4, -0.2) is 31.9 Å². The average molecular weight is 338 g/mol. The summed E-state index contributed by atoms with van der Waals surface area (Å²) in [5, 5.41) is 9.60. The SMILES string of the molecule is C=C(C)C[C@@H](O)[C@@H](OS(=O)(=O)c1ccc(C)cc1)C(F)(F)F. The zero-order chi connectivity index (χ0) is 17.1. The van der Waals surface area contributed by atoms with Crippen LogP contribution in [0.15, 0.2) is 41.3 Å². The van der Waals surface area contributed by atoms with Crippen molar-refractivity contribution in [2.75, 3.05) is 0 Å². The van der Waals surface area contributed by atoms with Gasteiger partial charge in [0.2, 0.25) is 0 Å². The van der Waals surface area contributed by atoms with Gasteiger partial charge in [-0.1, -0.05) is 23.3 Å². The normalized spacial score (nSPS) is 15.4. The van der Waals surface area contributed by atoms with Gasteiger partial charge in [0.1, 0.15) is 0 Å². The Morgan fingerprint density at radius 3 is 2.23 bits per heavy atom. The van der Waals surface area contributed by atoms with Gasteiger partial charge < -0.3 is 5.11 Å². The number of hydrogen-bond acceptors (Lipinski definition) is 4. The maximum absolute atomic E-state index is 13.0. The number of benzene rings is 1. The van der Waals surface area contributed by atoms with Gasteiger partial charge in [-0.25, -0.2) is 0 Å². The first-order valence-electron chi connectivity index (χ1n) is 6.32. The fourth-order valence-corrected chi connectivity index (χ4v) is 2.79. The lowest BCUT2D eigenvalue weighted by Crippen LogP contribution is -2.43. The molecule has 0 aliphatic carbocycles. The maximum Gasteiger partial charge on any atom is 0.418 e.